The molecular formula is C24H16Cl2F5IN4OS. The van der Waals surface area contributed by atoms with Gasteiger partial charge in [0.15, 0.2) is 28.4 Å². The molecule has 1 amide bonds. The highest BCUT2D eigenvalue weighted by Gasteiger charge is 2.31. The summed E-state index contributed by atoms with van der Waals surface area (Å²) in [6.07, 6.45) is 0. The van der Waals surface area contributed by atoms with Crippen molar-refractivity contribution in [2.45, 2.75) is 0 Å². The van der Waals surface area contributed by atoms with Crippen molar-refractivity contribution in [3.8, 4) is 0 Å². The van der Waals surface area contributed by atoms with E-state index in [-0.39, 0.29) is 41.9 Å². The molecule has 0 bridgehead atoms. The average molecular weight is 701 g/mol. The summed E-state index contributed by atoms with van der Waals surface area (Å²) >= 11 is 19.8. The summed E-state index contributed by atoms with van der Waals surface area (Å²) < 4.78 is 69.8. The molecule has 0 unspecified atom stereocenters. The van der Waals surface area contributed by atoms with Crippen molar-refractivity contribution >= 4 is 86.1 Å². The van der Waals surface area contributed by atoms with Crippen LogP contribution in [0.15, 0.2) is 36.4 Å². The molecule has 1 aliphatic rings. The molecular weight excluding hydrogens is 685 g/mol. The molecule has 1 fully saturated rings. The van der Waals surface area contributed by atoms with Crippen LogP contribution in [-0.2, 0) is 0 Å². The quantitative estimate of drug-likeness (QED) is 0.104. The number of nitrogens with one attached hydrogen (secondary N) is 2. The third kappa shape index (κ3) is 5.92. The van der Waals surface area contributed by atoms with Crippen LogP contribution in [-0.4, -0.2) is 37.2 Å². The summed E-state index contributed by atoms with van der Waals surface area (Å²) in [5.74, 6) is -10.4. The van der Waals surface area contributed by atoms with E-state index in [1.165, 1.54) is 0 Å². The highest BCUT2D eigenvalue weighted by Crippen LogP contribution is 2.33. The van der Waals surface area contributed by atoms with E-state index in [0.717, 1.165) is 8.47 Å². The first-order chi connectivity index (χ1) is 18.0. The topological polar surface area (TPSA) is 47.6 Å². The van der Waals surface area contributed by atoms with Crippen molar-refractivity contribution in [2.24, 2.45) is 0 Å². The van der Waals surface area contributed by atoms with E-state index in [0.29, 0.717) is 16.4 Å². The maximum Gasteiger partial charge on any atom is 0.258 e. The summed E-state index contributed by atoms with van der Waals surface area (Å²) in [6, 6.07) is 9.91. The Morgan fingerprint density at radius 3 is 2.00 bits per heavy atom. The predicted molar refractivity (Wildman–Crippen MR) is 150 cm³/mol. The first-order valence-electron chi connectivity index (χ1n) is 10.9. The van der Waals surface area contributed by atoms with Gasteiger partial charge in [0.2, 0.25) is 5.82 Å². The number of anilines is 3. The van der Waals surface area contributed by atoms with Crippen LogP contribution in [0.1, 0.15) is 10.4 Å². The molecule has 5 nitrogen and oxygen atoms in total. The molecule has 200 valence electrons. The van der Waals surface area contributed by atoms with E-state index in [4.69, 9.17) is 35.4 Å². The van der Waals surface area contributed by atoms with E-state index in [9.17, 15) is 26.7 Å². The van der Waals surface area contributed by atoms with Crippen LogP contribution in [0.4, 0.5) is 39.0 Å². The SMILES string of the molecule is O=C(NC(=S)Nc1ccc(N2CCN(c3c(F)c(F)c(F)c(F)c3F)CC2)c(Cl)c1)c1cc(I)ccc1Cl. The molecule has 0 aromatic heterocycles. The summed E-state index contributed by atoms with van der Waals surface area (Å²) in [5.41, 5.74) is 0.391. The minimum Gasteiger partial charge on any atom is -0.367 e. The van der Waals surface area contributed by atoms with E-state index in [1.54, 1.807) is 36.4 Å². The fraction of sp³-hybridized carbons (Fsp3) is 0.167. The fourth-order valence-electron chi connectivity index (χ4n) is 3.89. The van der Waals surface area contributed by atoms with Crippen LogP contribution in [0.25, 0.3) is 0 Å². The third-order valence-corrected chi connectivity index (χ3v) is 7.24. The second-order valence-electron chi connectivity index (χ2n) is 8.09. The average Bonchev–Trinajstić information content (AvgIpc) is 2.88. The Bertz CT molecular complexity index is 1410. The molecule has 0 saturated carbocycles. The Morgan fingerprint density at radius 2 is 1.39 bits per heavy atom. The van der Waals surface area contributed by atoms with Gasteiger partial charge in [-0.05, 0) is 71.2 Å². The van der Waals surface area contributed by atoms with Gasteiger partial charge in [-0.2, -0.15) is 0 Å². The normalized spacial score (nSPS) is 13.5. The number of hydrogen-bond acceptors (Lipinski definition) is 4. The summed E-state index contributed by atoms with van der Waals surface area (Å²) in [6.45, 7) is 0.395. The van der Waals surface area contributed by atoms with Crippen LogP contribution in [0.5, 0.6) is 0 Å². The highest BCUT2D eigenvalue weighted by atomic mass is 127. The summed E-state index contributed by atoms with van der Waals surface area (Å²) in [5, 5.41) is 6.02. The lowest BCUT2D eigenvalue weighted by molar-refractivity contribution is 0.0978. The lowest BCUT2D eigenvalue weighted by Gasteiger charge is -2.38. The van der Waals surface area contributed by atoms with Gasteiger partial charge in [-0.15, -0.1) is 0 Å². The molecule has 1 heterocycles. The van der Waals surface area contributed by atoms with Crippen molar-refractivity contribution in [3.63, 3.8) is 0 Å². The van der Waals surface area contributed by atoms with Gasteiger partial charge in [0.05, 0.1) is 21.3 Å². The zero-order chi connectivity index (χ0) is 27.7. The monoisotopic (exact) mass is 700 g/mol. The zero-order valence-corrected chi connectivity index (χ0v) is 23.5. The number of rotatable bonds is 4. The van der Waals surface area contributed by atoms with Crippen molar-refractivity contribution < 1.29 is 26.7 Å². The second-order valence-corrected chi connectivity index (χ2v) is 10.6. The van der Waals surface area contributed by atoms with Crippen LogP contribution >= 0.6 is 58.0 Å². The van der Waals surface area contributed by atoms with Crippen LogP contribution in [0.2, 0.25) is 10.0 Å². The summed E-state index contributed by atoms with van der Waals surface area (Å²) in [4.78, 5) is 15.4. The number of piperazine rings is 1. The van der Waals surface area contributed by atoms with Crippen LogP contribution in [0, 0.1) is 32.7 Å². The standard InChI is InChI=1S/C24H16Cl2F5IN4OS/c25-14-3-1-11(32)9-13(14)23(37)34-24(38)33-12-2-4-16(15(26)10-12)35-5-7-36(8-6-35)22-20(30)18(28)17(27)19(29)21(22)31/h1-4,9-10H,5-8H2,(H2,33,34,37,38). The Kier molecular flexibility index (Phi) is 8.85. The van der Waals surface area contributed by atoms with Crippen LogP contribution < -0.4 is 20.4 Å². The van der Waals surface area contributed by atoms with Crippen molar-refractivity contribution in [1.29, 1.82) is 0 Å². The second kappa shape index (κ2) is 11.8. The lowest BCUT2D eigenvalue weighted by Crippen LogP contribution is -2.47. The van der Waals surface area contributed by atoms with Gasteiger partial charge in [0.25, 0.3) is 5.91 Å². The van der Waals surface area contributed by atoms with Gasteiger partial charge in [0.1, 0.15) is 5.69 Å². The molecule has 1 aliphatic heterocycles. The molecule has 4 rings (SSSR count). The van der Waals surface area contributed by atoms with E-state index < -0.39 is 40.7 Å². The molecule has 3 aromatic carbocycles. The maximum absolute atomic E-state index is 14.2. The minimum atomic E-state index is -2.19. The van der Waals surface area contributed by atoms with E-state index in [2.05, 4.69) is 33.2 Å². The number of amides is 1. The number of benzene rings is 3. The van der Waals surface area contributed by atoms with Crippen molar-refractivity contribution in [1.82, 2.24) is 5.32 Å². The number of hydrogen-bond donors (Lipinski definition) is 2. The van der Waals surface area contributed by atoms with Gasteiger partial charge >= 0.3 is 0 Å². The Morgan fingerprint density at radius 1 is 0.816 bits per heavy atom. The molecule has 14 heteroatoms. The number of carbonyl (C=O) groups is 1. The Labute approximate surface area is 243 Å². The van der Waals surface area contributed by atoms with Crippen LogP contribution in [0.3, 0.4) is 0 Å². The van der Waals surface area contributed by atoms with Gasteiger partial charge in [-0.25, -0.2) is 22.0 Å². The molecule has 0 spiro atoms. The number of nitrogens with zero attached hydrogens (tertiary/aromatic N) is 2. The molecule has 3 aromatic rings. The molecule has 0 atom stereocenters. The summed E-state index contributed by atoms with van der Waals surface area (Å²) in [7, 11) is 0. The van der Waals surface area contributed by atoms with Gasteiger partial charge < -0.3 is 15.1 Å². The molecule has 0 aliphatic carbocycles. The molecule has 38 heavy (non-hydrogen) atoms. The first-order valence-corrected chi connectivity index (χ1v) is 13.1. The zero-order valence-electron chi connectivity index (χ0n) is 19.0. The van der Waals surface area contributed by atoms with Gasteiger partial charge in [0, 0.05) is 35.4 Å². The minimum absolute atomic E-state index is 0.00815. The first kappa shape index (κ1) is 28.6. The molecule has 0 radical (unpaired) electrons. The highest BCUT2D eigenvalue weighted by molar-refractivity contribution is 14.1. The Balaban J connectivity index is 1.40. The number of thiocarbonyl (C=S) groups is 1. The third-order valence-electron chi connectivity index (χ3n) is 5.73. The molecule has 2 N–H and O–H groups in total. The number of halogens is 8. The maximum atomic E-state index is 14.2. The van der Waals surface area contributed by atoms with E-state index in [1.807, 2.05) is 4.90 Å². The van der Waals surface area contributed by atoms with E-state index >= 15 is 0 Å². The fourth-order valence-corrected chi connectivity index (χ4v) is 5.09. The van der Waals surface area contributed by atoms with Gasteiger partial charge in [-0.1, -0.05) is 23.2 Å². The van der Waals surface area contributed by atoms with Gasteiger partial charge in [-0.3, -0.25) is 10.1 Å². The number of carbonyl (C=O) groups excluding carboxylic acids is 1. The molecule has 1 saturated heterocycles. The smallest absolute Gasteiger partial charge is 0.258 e. The van der Waals surface area contributed by atoms with Crippen molar-refractivity contribution in [2.75, 3.05) is 41.3 Å². The van der Waals surface area contributed by atoms with Crippen molar-refractivity contribution in [3.05, 3.63) is 84.7 Å². The largest absolute Gasteiger partial charge is 0.367 e. The predicted octanol–water partition coefficient (Wildman–Crippen LogP) is 6.75. The lowest BCUT2D eigenvalue weighted by atomic mass is 10.2. The Hall–Kier alpha value is -2.42.